The fraction of sp³-hybridized carbons (Fsp3) is 0.111. The van der Waals surface area contributed by atoms with E-state index in [-0.39, 0.29) is 27.9 Å². The van der Waals surface area contributed by atoms with Crippen molar-refractivity contribution >= 4 is 35.5 Å². The molecule has 3 aromatic rings. The van der Waals surface area contributed by atoms with E-state index in [9.17, 15) is 21.6 Å². The number of nitrogens with one attached hydrogen (secondary N) is 2. The molecule has 174 valence electrons. The number of sulfonamides is 1. The molecule has 0 aliphatic rings. The molecule has 3 rings (SSSR count). The Morgan fingerprint density at radius 3 is 2.24 bits per heavy atom. The topological polar surface area (TPSA) is 204 Å². The molecule has 2 heterocycles. The van der Waals surface area contributed by atoms with E-state index < -0.39 is 30.3 Å². The monoisotopic (exact) mass is 509 g/mol. The second-order valence-corrected chi connectivity index (χ2v) is 12.7. The van der Waals surface area contributed by atoms with E-state index in [1.54, 1.807) is 17.0 Å². The molecule has 0 amide bonds. The average molecular weight is 510 g/mol. The van der Waals surface area contributed by atoms with Crippen LogP contribution in [0.25, 0.3) is 11.4 Å². The summed E-state index contributed by atoms with van der Waals surface area (Å²) in [5.74, 6) is 4.52. The van der Waals surface area contributed by atoms with Crippen LogP contribution in [0.15, 0.2) is 63.5 Å². The maximum Gasteiger partial charge on any atom is 0.266 e. The van der Waals surface area contributed by atoms with Crippen molar-refractivity contribution in [3.63, 3.8) is 0 Å². The van der Waals surface area contributed by atoms with Crippen molar-refractivity contribution in [2.45, 2.75) is 16.5 Å². The molecule has 1 aromatic carbocycles. The number of nitrogen functional groups attached to an aromatic ring is 1. The third-order valence-corrected chi connectivity index (χ3v) is 7.64. The van der Waals surface area contributed by atoms with Crippen LogP contribution in [0, 0.1) is 5.41 Å². The second-order valence-electron chi connectivity index (χ2n) is 6.71. The lowest BCUT2D eigenvalue weighted by atomic mass is 10.2. The number of aromatic nitrogens is 3. The lowest BCUT2D eigenvalue weighted by Crippen LogP contribution is -2.33. The van der Waals surface area contributed by atoms with E-state index in [1.807, 2.05) is 0 Å². The van der Waals surface area contributed by atoms with Gasteiger partial charge in [0.25, 0.3) is 15.6 Å². The Labute approximate surface area is 192 Å². The minimum Gasteiger partial charge on any atom is -0.383 e. The number of nitrogens with two attached hydrogens (primary N) is 2. The number of nitrogens with zero attached hydrogens (tertiary/aromatic N) is 3. The van der Waals surface area contributed by atoms with Crippen molar-refractivity contribution in [3.05, 3.63) is 70.3 Å². The van der Waals surface area contributed by atoms with Gasteiger partial charge in [-0.3, -0.25) is 25.6 Å². The highest BCUT2D eigenvalue weighted by atomic mass is 33.1. The fourth-order valence-electron chi connectivity index (χ4n) is 2.86. The summed E-state index contributed by atoms with van der Waals surface area (Å²) < 4.78 is 48.7. The number of hydrogen-bond donors (Lipinski definition) is 4. The zero-order valence-corrected chi connectivity index (χ0v) is 19.5. The highest BCUT2D eigenvalue weighted by molar-refractivity contribution is 8.71. The first-order valence-electron chi connectivity index (χ1n) is 9.03. The molecule has 0 aliphatic heterocycles. The largest absolute Gasteiger partial charge is 0.383 e. The first kappa shape index (κ1) is 24.5. The smallest absolute Gasteiger partial charge is 0.266 e. The first-order chi connectivity index (χ1) is 15.4. The van der Waals surface area contributed by atoms with Gasteiger partial charge in [-0.25, -0.2) is 21.8 Å². The summed E-state index contributed by atoms with van der Waals surface area (Å²) in [7, 11) is -7.20. The van der Waals surface area contributed by atoms with Gasteiger partial charge in [0.2, 0.25) is 8.87 Å². The number of hydrogen-bond acceptors (Lipinski definition) is 10. The third kappa shape index (κ3) is 5.63. The van der Waals surface area contributed by atoms with Gasteiger partial charge in [0.05, 0.1) is 11.4 Å². The van der Waals surface area contributed by atoms with E-state index in [1.165, 1.54) is 41.2 Å². The molecule has 0 bridgehead atoms. The molecule has 15 heteroatoms. The first-order valence-corrected chi connectivity index (χ1v) is 13.7. The maximum absolute atomic E-state index is 13.3. The van der Waals surface area contributed by atoms with Crippen molar-refractivity contribution in [2.75, 3.05) is 6.26 Å². The molecule has 0 unspecified atom stereocenters. The van der Waals surface area contributed by atoms with E-state index in [0.717, 1.165) is 6.26 Å². The summed E-state index contributed by atoms with van der Waals surface area (Å²) in [4.78, 5) is 23.3. The van der Waals surface area contributed by atoms with E-state index in [4.69, 9.17) is 17.0 Å². The number of benzene rings is 1. The van der Waals surface area contributed by atoms with Crippen LogP contribution >= 0.6 is 10.8 Å². The van der Waals surface area contributed by atoms with Gasteiger partial charge in [-0.1, -0.05) is 12.1 Å². The van der Waals surface area contributed by atoms with Crippen LogP contribution in [0.4, 0.5) is 0 Å². The molecule has 12 nitrogen and oxygen atoms in total. The molecule has 2 aromatic heterocycles. The van der Waals surface area contributed by atoms with Gasteiger partial charge >= 0.3 is 0 Å². The predicted molar refractivity (Wildman–Crippen MR) is 123 cm³/mol. The summed E-state index contributed by atoms with van der Waals surface area (Å²) in [5, 5.41) is 7.60. The van der Waals surface area contributed by atoms with Gasteiger partial charge in [0.15, 0.2) is 0 Å². The highest BCUT2D eigenvalue weighted by Gasteiger charge is 2.23. The third-order valence-electron chi connectivity index (χ3n) is 4.30. The van der Waals surface area contributed by atoms with Gasteiger partial charge in [-0.15, -0.1) is 0 Å². The zero-order valence-electron chi connectivity index (χ0n) is 17.1. The number of amidine groups is 1. The molecule has 6 N–H and O–H groups in total. The molecule has 0 fully saturated rings. The van der Waals surface area contributed by atoms with Gasteiger partial charge < -0.3 is 5.73 Å². The molecular weight excluding hydrogens is 490 g/mol. The van der Waals surface area contributed by atoms with Crippen LogP contribution in [0.5, 0.6) is 0 Å². The summed E-state index contributed by atoms with van der Waals surface area (Å²) in [5.41, 5.74) is 5.52. The van der Waals surface area contributed by atoms with Crippen LogP contribution in [-0.4, -0.2) is 43.5 Å². The van der Waals surface area contributed by atoms with Crippen molar-refractivity contribution in [3.8, 4) is 11.4 Å². The van der Waals surface area contributed by atoms with Crippen LogP contribution in [0.3, 0.4) is 0 Å². The van der Waals surface area contributed by atoms with Crippen LogP contribution in [-0.2, 0) is 25.4 Å². The molecule has 33 heavy (non-hydrogen) atoms. The molecule has 0 saturated carbocycles. The maximum atomic E-state index is 13.3. The quantitative estimate of drug-likeness (QED) is 0.0788. The summed E-state index contributed by atoms with van der Waals surface area (Å²) in [6.45, 7) is -0.0655. The SMILES string of the molecule is CS(=O)(=O)Sc1nc(-c2ccncc2)n(Cc2ccc(S(=O)(=O)NN)cc2)c(=O)c1C(=N)N. The average Bonchev–Trinajstić information content (AvgIpc) is 2.75. The summed E-state index contributed by atoms with van der Waals surface area (Å²) in [6, 6.07) is 8.77. The van der Waals surface area contributed by atoms with Crippen molar-refractivity contribution < 1.29 is 16.8 Å². The van der Waals surface area contributed by atoms with Crippen molar-refractivity contribution in [2.24, 2.45) is 11.6 Å². The zero-order chi connectivity index (χ0) is 24.4. The Morgan fingerprint density at radius 1 is 1.12 bits per heavy atom. The molecule has 0 radical (unpaired) electrons. The Bertz CT molecular complexity index is 1470. The molecule has 0 atom stereocenters. The van der Waals surface area contributed by atoms with Gasteiger partial charge in [-0.2, -0.15) is 4.83 Å². The molecular formula is C18H19N7O5S3. The van der Waals surface area contributed by atoms with Gasteiger partial charge in [-0.05, 0) is 29.8 Å². The Morgan fingerprint density at radius 2 is 1.73 bits per heavy atom. The van der Waals surface area contributed by atoms with Gasteiger partial charge in [0.1, 0.15) is 22.2 Å². The Balaban J connectivity index is 2.22. The molecule has 0 saturated heterocycles. The van der Waals surface area contributed by atoms with E-state index >= 15 is 0 Å². The van der Waals surface area contributed by atoms with E-state index in [2.05, 4.69) is 9.97 Å². The highest BCUT2D eigenvalue weighted by Crippen LogP contribution is 2.27. The lowest BCUT2D eigenvalue weighted by molar-refractivity contribution is 0.584. The number of pyridine rings is 1. The normalized spacial score (nSPS) is 11.9. The molecule has 0 spiro atoms. The summed E-state index contributed by atoms with van der Waals surface area (Å²) >= 11 is 0. The van der Waals surface area contributed by atoms with Crippen molar-refractivity contribution in [1.29, 1.82) is 5.41 Å². The summed E-state index contributed by atoms with van der Waals surface area (Å²) in [6.07, 6.45) is 3.91. The number of hydrazine groups is 1. The second kappa shape index (κ2) is 9.40. The van der Waals surface area contributed by atoms with Crippen LogP contribution < -0.4 is 22.0 Å². The Hall–Kier alpha value is -3.11. The molecule has 0 aliphatic carbocycles. The number of rotatable bonds is 8. The van der Waals surface area contributed by atoms with E-state index in [0.29, 0.717) is 21.9 Å². The standard InChI is InChI=1S/C18H19N7O5S3/c1-32(27,28)31-17-14(15(19)20)18(26)25(16(23-17)12-6-8-22-9-7-12)10-11-2-4-13(5-3-11)33(29,30)24-21/h2-9,24H,10,21H2,1H3,(H3,19,20). The Kier molecular flexibility index (Phi) is 6.99. The predicted octanol–water partition coefficient (Wildman–Crippen LogP) is -0.159. The minimum absolute atomic E-state index is 0.0655. The van der Waals surface area contributed by atoms with Gasteiger partial charge in [0, 0.05) is 35.0 Å². The van der Waals surface area contributed by atoms with Crippen molar-refractivity contribution in [1.82, 2.24) is 19.4 Å². The van der Waals surface area contributed by atoms with Crippen LogP contribution in [0.2, 0.25) is 0 Å². The van der Waals surface area contributed by atoms with Crippen LogP contribution in [0.1, 0.15) is 11.1 Å². The fourth-order valence-corrected chi connectivity index (χ4v) is 5.41. The lowest BCUT2D eigenvalue weighted by Gasteiger charge is -2.16. The minimum atomic E-state index is -3.85.